The summed E-state index contributed by atoms with van der Waals surface area (Å²) >= 11 is 0. The van der Waals surface area contributed by atoms with Crippen molar-refractivity contribution in [3.63, 3.8) is 0 Å². The number of nitrogens with zero attached hydrogens (tertiary/aromatic N) is 2. The van der Waals surface area contributed by atoms with E-state index in [-0.39, 0.29) is 12.5 Å². The molecule has 0 unspecified atom stereocenters. The van der Waals surface area contributed by atoms with Crippen LogP contribution >= 0.6 is 0 Å². The number of likely N-dealkylation sites (tertiary alicyclic amines) is 1. The van der Waals surface area contributed by atoms with Crippen molar-refractivity contribution in [1.82, 2.24) is 10.2 Å². The number of carbonyl (C=O) groups is 1. The van der Waals surface area contributed by atoms with E-state index in [2.05, 4.69) is 21.4 Å². The summed E-state index contributed by atoms with van der Waals surface area (Å²) in [6.07, 6.45) is 10.1. The topological polar surface area (TPSA) is 80.0 Å². The smallest absolute Gasteiger partial charge is 0.260 e. The van der Waals surface area contributed by atoms with Crippen LogP contribution in [0.1, 0.15) is 62.5 Å². The Morgan fingerprint density at radius 2 is 1.82 bits per heavy atom. The molecular weight excluding hydrogens is 352 g/mol. The predicted octanol–water partition coefficient (Wildman–Crippen LogP) is 3.01. The summed E-state index contributed by atoms with van der Waals surface area (Å²) in [4.78, 5) is 19.7. The number of nitrogens with two attached hydrogens (primary N) is 1. The molecule has 1 amide bonds. The summed E-state index contributed by atoms with van der Waals surface area (Å²) in [7, 11) is 0. The van der Waals surface area contributed by atoms with Gasteiger partial charge in [-0.1, -0.05) is 55.1 Å². The van der Waals surface area contributed by atoms with Crippen molar-refractivity contribution in [2.45, 2.75) is 57.9 Å². The first kappa shape index (κ1) is 20.6. The molecular formula is C22H34N4O2. The number of piperidine rings is 1. The van der Waals surface area contributed by atoms with E-state index in [0.29, 0.717) is 11.8 Å². The maximum atomic E-state index is 12.0. The zero-order chi connectivity index (χ0) is 19.6. The number of amidine groups is 1. The second-order valence-corrected chi connectivity index (χ2v) is 8.05. The highest BCUT2D eigenvalue weighted by Crippen LogP contribution is 2.22. The standard InChI is InChI=1S/C22H34N4O2/c23-22(25-28-17-21(27)24-15-18-9-3-1-4-10-18)20-12-6-5-11-19(20)16-26-13-7-2-8-14-26/h5-6,11-12,18H,1-4,7-10,13-17H2,(H2,23,25)(H,24,27). The van der Waals surface area contributed by atoms with Crippen LogP contribution in [0.15, 0.2) is 29.4 Å². The summed E-state index contributed by atoms with van der Waals surface area (Å²) in [5, 5.41) is 6.95. The van der Waals surface area contributed by atoms with Gasteiger partial charge in [-0.05, 0) is 50.3 Å². The summed E-state index contributed by atoms with van der Waals surface area (Å²) < 4.78 is 0. The number of amides is 1. The molecule has 3 N–H and O–H groups in total. The van der Waals surface area contributed by atoms with Crippen LogP contribution in [0.3, 0.4) is 0 Å². The molecule has 28 heavy (non-hydrogen) atoms. The molecule has 0 aromatic heterocycles. The zero-order valence-electron chi connectivity index (χ0n) is 16.9. The van der Waals surface area contributed by atoms with E-state index in [1.165, 1.54) is 51.4 Å². The van der Waals surface area contributed by atoms with Gasteiger partial charge in [0.05, 0.1) is 0 Å². The minimum Gasteiger partial charge on any atom is -0.384 e. The molecule has 0 atom stereocenters. The highest BCUT2D eigenvalue weighted by atomic mass is 16.6. The molecule has 1 aliphatic heterocycles. The predicted molar refractivity (Wildman–Crippen MR) is 112 cm³/mol. The van der Waals surface area contributed by atoms with E-state index in [9.17, 15) is 4.79 Å². The van der Waals surface area contributed by atoms with Gasteiger partial charge in [-0.15, -0.1) is 0 Å². The summed E-state index contributed by atoms with van der Waals surface area (Å²) in [5.41, 5.74) is 8.19. The van der Waals surface area contributed by atoms with Crippen molar-refractivity contribution in [2.24, 2.45) is 16.8 Å². The lowest BCUT2D eigenvalue weighted by atomic mass is 9.89. The van der Waals surface area contributed by atoms with Gasteiger partial charge in [-0.25, -0.2) is 0 Å². The fourth-order valence-corrected chi connectivity index (χ4v) is 4.18. The molecule has 2 fully saturated rings. The lowest BCUT2D eigenvalue weighted by molar-refractivity contribution is -0.125. The largest absolute Gasteiger partial charge is 0.384 e. The number of rotatable bonds is 8. The van der Waals surface area contributed by atoms with E-state index in [1.807, 2.05) is 18.2 Å². The summed E-state index contributed by atoms with van der Waals surface area (Å²) in [5.74, 6) is 0.796. The molecule has 0 radical (unpaired) electrons. The normalized spacial score (nSPS) is 19.4. The van der Waals surface area contributed by atoms with Gasteiger partial charge in [-0.3, -0.25) is 9.69 Å². The Labute approximate surface area is 168 Å². The summed E-state index contributed by atoms with van der Waals surface area (Å²) in [6, 6.07) is 8.03. The van der Waals surface area contributed by atoms with Crippen LogP contribution in [-0.4, -0.2) is 42.9 Å². The third kappa shape index (κ3) is 6.51. The van der Waals surface area contributed by atoms with Crippen molar-refractivity contribution >= 4 is 11.7 Å². The van der Waals surface area contributed by atoms with Crippen molar-refractivity contribution in [1.29, 1.82) is 0 Å². The molecule has 1 aromatic rings. The second kappa shape index (κ2) is 11.1. The van der Waals surface area contributed by atoms with Crippen LogP contribution < -0.4 is 11.1 Å². The second-order valence-electron chi connectivity index (χ2n) is 8.05. The van der Waals surface area contributed by atoms with E-state index < -0.39 is 0 Å². The minimum atomic E-state index is -0.135. The van der Waals surface area contributed by atoms with Gasteiger partial charge < -0.3 is 15.9 Å². The first-order valence-corrected chi connectivity index (χ1v) is 10.7. The quantitative estimate of drug-likeness (QED) is 0.409. The summed E-state index contributed by atoms with van der Waals surface area (Å²) in [6.45, 7) is 3.77. The Bertz CT molecular complexity index is 650. The fraction of sp³-hybridized carbons (Fsp3) is 0.636. The van der Waals surface area contributed by atoms with Crippen LogP contribution in [0.2, 0.25) is 0 Å². The maximum Gasteiger partial charge on any atom is 0.260 e. The molecule has 1 saturated carbocycles. The van der Waals surface area contributed by atoms with Crippen molar-refractivity contribution < 1.29 is 9.63 Å². The highest BCUT2D eigenvalue weighted by molar-refractivity contribution is 5.98. The molecule has 1 saturated heterocycles. The van der Waals surface area contributed by atoms with Crippen LogP contribution in [0, 0.1) is 5.92 Å². The van der Waals surface area contributed by atoms with Gasteiger partial charge >= 0.3 is 0 Å². The van der Waals surface area contributed by atoms with Gasteiger partial charge in [0.1, 0.15) is 0 Å². The Kier molecular flexibility index (Phi) is 8.15. The Balaban J connectivity index is 1.47. The average molecular weight is 387 g/mol. The third-order valence-corrected chi connectivity index (χ3v) is 5.81. The van der Waals surface area contributed by atoms with Gasteiger partial charge in [-0.2, -0.15) is 0 Å². The molecule has 3 rings (SSSR count). The minimum absolute atomic E-state index is 0.0955. The number of carbonyl (C=O) groups excluding carboxylic acids is 1. The number of nitrogens with one attached hydrogen (secondary N) is 1. The van der Waals surface area contributed by atoms with Crippen molar-refractivity contribution in [3.8, 4) is 0 Å². The number of hydrogen-bond acceptors (Lipinski definition) is 4. The van der Waals surface area contributed by atoms with E-state index >= 15 is 0 Å². The molecule has 6 heteroatoms. The van der Waals surface area contributed by atoms with Gasteiger partial charge in [0.25, 0.3) is 5.91 Å². The molecule has 6 nitrogen and oxygen atoms in total. The fourth-order valence-electron chi connectivity index (χ4n) is 4.18. The third-order valence-electron chi connectivity index (χ3n) is 5.81. The number of benzene rings is 1. The highest BCUT2D eigenvalue weighted by Gasteiger charge is 2.15. The van der Waals surface area contributed by atoms with Crippen molar-refractivity contribution in [3.05, 3.63) is 35.4 Å². The molecule has 0 spiro atoms. The average Bonchev–Trinajstić information content (AvgIpc) is 2.74. The van der Waals surface area contributed by atoms with E-state index in [1.54, 1.807) is 0 Å². The van der Waals surface area contributed by atoms with Crippen LogP contribution in [-0.2, 0) is 16.2 Å². The molecule has 154 valence electrons. The first-order chi connectivity index (χ1) is 13.7. The SMILES string of the molecule is N/C(=N/OCC(=O)NCC1CCCCC1)c1ccccc1CN1CCCCC1. The molecule has 2 aliphatic rings. The lowest BCUT2D eigenvalue weighted by Gasteiger charge is -2.27. The molecule has 1 aromatic carbocycles. The van der Waals surface area contributed by atoms with Gasteiger partial charge in [0.15, 0.2) is 12.4 Å². The van der Waals surface area contributed by atoms with Crippen LogP contribution in [0.5, 0.6) is 0 Å². The Morgan fingerprint density at radius 3 is 2.61 bits per heavy atom. The Morgan fingerprint density at radius 1 is 1.11 bits per heavy atom. The lowest BCUT2D eigenvalue weighted by Crippen LogP contribution is -2.33. The monoisotopic (exact) mass is 386 g/mol. The molecule has 1 heterocycles. The Hall–Kier alpha value is -2.08. The zero-order valence-corrected chi connectivity index (χ0v) is 16.9. The van der Waals surface area contributed by atoms with Crippen LogP contribution in [0.4, 0.5) is 0 Å². The number of hydrogen-bond donors (Lipinski definition) is 2. The van der Waals surface area contributed by atoms with E-state index in [4.69, 9.17) is 10.6 Å². The van der Waals surface area contributed by atoms with E-state index in [0.717, 1.165) is 37.3 Å². The van der Waals surface area contributed by atoms with Crippen molar-refractivity contribution in [2.75, 3.05) is 26.2 Å². The first-order valence-electron chi connectivity index (χ1n) is 10.7. The molecule has 0 bridgehead atoms. The molecule has 1 aliphatic carbocycles. The number of oxime groups is 1. The van der Waals surface area contributed by atoms with Crippen LogP contribution in [0.25, 0.3) is 0 Å². The maximum absolute atomic E-state index is 12.0. The van der Waals surface area contributed by atoms with Gasteiger partial charge in [0.2, 0.25) is 0 Å². The van der Waals surface area contributed by atoms with Gasteiger partial charge in [0, 0.05) is 18.7 Å².